The van der Waals surface area contributed by atoms with Gasteiger partial charge in [-0.05, 0) is 45.4 Å². The van der Waals surface area contributed by atoms with Crippen molar-refractivity contribution in [3.8, 4) is 0 Å². The van der Waals surface area contributed by atoms with Crippen molar-refractivity contribution >= 4 is 6.03 Å². The summed E-state index contributed by atoms with van der Waals surface area (Å²) in [7, 11) is 0. The summed E-state index contributed by atoms with van der Waals surface area (Å²) >= 11 is 0. The standard InChI is InChI=1S/C17H23N5O2/c1-10-7-11(2)22-16(23)14(10)9-19-17(24)18-6-5-15-20-12(3)8-13(4)21-15/h7-8H,5-6,9H2,1-4H3,(H,22,23)(H2,18,19,24). The first-order chi connectivity index (χ1) is 11.3. The molecule has 0 bridgehead atoms. The third kappa shape index (κ3) is 4.91. The van der Waals surface area contributed by atoms with Crippen LogP contribution in [0.4, 0.5) is 4.79 Å². The molecule has 2 aromatic rings. The van der Waals surface area contributed by atoms with Crippen LogP contribution in [0.25, 0.3) is 0 Å². The molecule has 7 nitrogen and oxygen atoms in total. The average Bonchev–Trinajstić information content (AvgIpc) is 2.45. The fourth-order valence-corrected chi connectivity index (χ4v) is 2.53. The summed E-state index contributed by atoms with van der Waals surface area (Å²) in [5.74, 6) is 0.707. The van der Waals surface area contributed by atoms with Crippen molar-refractivity contribution in [3.63, 3.8) is 0 Å². The maximum absolute atomic E-state index is 11.9. The van der Waals surface area contributed by atoms with Crippen molar-refractivity contribution in [1.82, 2.24) is 25.6 Å². The number of urea groups is 1. The molecular weight excluding hydrogens is 306 g/mol. The average molecular weight is 329 g/mol. The number of carbonyl (C=O) groups is 1. The second-order valence-corrected chi connectivity index (χ2v) is 5.87. The molecule has 2 aromatic heterocycles. The lowest BCUT2D eigenvalue weighted by Crippen LogP contribution is -2.37. The van der Waals surface area contributed by atoms with E-state index in [1.807, 2.05) is 39.8 Å². The van der Waals surface area contributed by atoms with Crippen molar-refractivity contribution < 1.29 is 4.79 Å². The normalized spacial score (nSPS) is 10.5. The van der Waals surface area contributed by atoms with Gasteiger partial charge in [0.1, 0.15) is 5.82 Å². The van der Waals surface area contributed by atoms with E-state index in [1.54, 1.807) is 0 Å². The predicted molar refractivity (Wildman–Crippen MR) is 92.0 cm³/mol. The fraction of sp³-hybridized carbons (Fsp3) is 0.412. The molecular formula is C17H23N5O2. The smallest absolute Gasteiger partial charge is 0.315 e. The Balaban J connectivity index is 1.83. The first-order valence-electron chi connectivity index (χ1n) is 7.87. The van der Waals surface area contributed by atoms with Gasteiger partial charge in [-0.15, -0.1) is 0 Å². The van der Waals surface area contributed by atoms with Crippen LogP contribution in [0.15, 0.2) is 16.9 Å². The van der Waals surface area contributed by atoms with E-state index in [2.05, 4.69) is 25.6 Å². The molecule has 0 unspecified atom stereocenters. The largest absolute Gasteiger partial charge is 0.338 e. The number of amides is 2. The highest BCUT2D eigenvalue weighted by molar-refractivity contribution is 5.73. The lowest BCUT2D eigenvalue weighted by atomic mass is 10.1. The Hall–Kier alpha value is -2.70. The molecule has 0 spiro atoms. The minimum absolute atomic E-state index is 0.170. The van der Waals surface area contributed by atoms with Gasteiger partial charge in [0.15, 0.2) is 0 Å². The summed E-state index contributed by atoms with van der Waals surface area (Å²) in [4.78, 5) is 35.1. The summed E-state index contributed by atoms with van der Waals surface area (Å²) in [6.07, 6.45) is 0.556. The van der Waals surface area contributed by atoms with Gasteiger partial charge in [0.25, 0.3) is 5.56 Å². The second-order valence-electron chi connectivity index (χ2n) is 5.87. The molecule has 0 saturated heterocycles. The highest BCUT2D eigenvalue weighted by Gasteiger charge is 2.07. The second kappa shape index (κ2) is 7.72. The maximum atomic E-state index is 11.9. The molecule has 2 heterocycles. The number of pyridine rings is 1. The van der Waals surface area contributed by atoms with Gasteiger partial charge in [0, 0.05) is 35.6 Å². The van der Waals surface area contributed by atoms with Gasteiger partial charge in [0.05, 0.1) is 6.54 Å². The molecule has 0 aliphatic rings. The SMILES string of the molecule is Cc1cc(C)nc(CCNC(=O)NCc2c(C)cc(C)[nH]c2=O)n1. The van der Waals surface area contributed by atoms with E-state index in [-0.39, 0.29) is 18.1 Å². The Bertz CT molecular complexity index is 778. The third-order valence-electron chi connectivity index (χ3n) is 3.58. The molecule has 0 aliphatic carbocycles. The zero-order chi connectivity index (χ0) is 17.7. The van der Waals surface area contributed by atoms with Crippen LogP contribution in [-0.4, -0.2) is 27.5 Å². The molecule has 0 aromatic carbocycles. The molecule has 0 aliphatic heterocycles. The van der Waals surface area contributed by atoms with Gasteiger partial charge in [-0.25, -0.2) is 14.8 Å². The monoisotopic (exact) mass is 329 g/mol. The molecule has 2 rings (SSSR count). The van der Waals surface area contributed by atoms with Crippen LogP contribution >= 0.6 is 0 Å². The molecule has 0 fully saturated rings. The summed E-state index contributed by atoms with van der Waals surface area (Å²) in [5.41, 5.74) is 3.89. The summed E-state index contributed by atoms with van der Waals surface area (Å²) in [5, 5.41) is 5.45. The van der Waals surface area contributed by atoms with E-state index in [0.717, 1.165) is 22.6 Å². The molecule has 0 radical (unpaired) electrons. The third-order valence-corrected chi connectivity index (χ3v) is 3.58. The van der Waals surface area contributed by atoms with Crippen LogP contribution in [0.3, 0.4) is 0 Å². The van der Waals surface area contributed by atoms with Crippen LogP contribution in [0, 0.1) is 27.7 Å². The number of aromatic amines is 1. The zero-order valence-corrected chi connectivity index (χ0v) is 14.5. The number of hydrogen-bond donors (Lipinski definition) is 3. The van der Waals surface area contributed by atoms with E-state index >= 15 is 0 Å². The number of rotatable bonds is 5. The molecule has 2 amide bonds. The highest BCUT2D eigenvalue weighted by atomic mass is 16.2. The lowest BCUT2D eigenvalue weighted by Gasteiger charge is -2.09. The van der Waals surface area contributed by atoms with E-state index < -0.39 is 0 Å². The van der Waals surface area contributed by atoms with Gasteiger partial charge in [-0.2, -0.15) is 0 Å². The number of H-pyrrole nitrogens is 1. The summed E-state index contributed by atoms with van der Waals surface area (Å²) in [6, 6.07) is 3.47. The number of carbonyl (C=O) groups excluding carboxylic acids is 1. The van der Waals surface area contributed by atoms with Gasteiger partial charge in [0.2, 0.25) is 0 Å². The molecule has 0 saturated carbocycles. The van der Waals surface area contributed by atoms with Crippen LogP contribution in [-0.2, 0) is 13.0 Å². The Morgan fingerprint density at radius 2 is 1.75 bits per heavy atom. The fourth-order valence-electron chi connectivity index (χ4n) is 2.53. The van der Waals surface area contributed by atoms with Gasteiger partial charge in [-0.3, -0.25) is 4.79 Å². The molecule has 128 valence electrons. The van der Waals surface area contributed by atoms with E-state index in [0.29, 0.717) is 24.4 Å². The van der Waals surface area contributed by atoms with E-state index in [4.69, 9.17) is 0 Å². The van der Waals surface area contributed by atoms with Gasteiger partial charge < -0.3 is 15.6 Å². The van der Waals surface area contributed by atoms with Crippen molar-refractivity contribution in [2.45, 2.75) is 40.7 Å². The number of nitrogens with one attached hydrogen (secondary N) is 3. The maximum Gasteiger partial charge on any atom is 0.315 e. The summed E-state index contributed by atoms with van der Waals surface area (Å²) < 4.78 is 0. The number of hydrogen-bond acceptors (Lipinski definition) is 4. The minimum atomic E-state index is -0.321. The highest BCUT2D eigenvalue weighted by Crippen LogP contribution is 2.03. The molecule has 3 N–H and O–H groups in total. The Kier molecular flexibility index (Phi) is 5.68. The summed E-state index contributed by atoms with van der Waals surface area (Å²) in [6.45, 7) is 8.13. The van der Waals surface area contributed by atoms with Crippen molar-refractivity contribution in [2.75, 3.05) is 6.54 Å². The number of aromatic nitrogens is 3. The van der Waals surface area contributed by atoms with Gasteiger partial charge in [-0.1, -0.05) is 0 Å². The first-order valence-corrected chi connectivity index (χ1v) is 7.87. The van der Waals surface area contributed by atoms with Crippen molar-refractivity contribution in [1.29, 1.82) is 0 Å². The first kappa shape index (κ1) is 17.7. The molecule has 0 atom stereocenters. The minimum Gasteiger partial charge on any atom is -0.338 e. The molecule has 24 heavy (non-hydrogen) atoms. The Labute approximate surface area is 140 Å². The van der Waals surface area contributed by atoms with Crippen LogP contribution in [0.5, 0.6) is 0 Å². The lowest BCUT2D eigenvalue weighted by molar-refractivity contribution is 0.240. The molecule has 7 heteroatoms. The van der Waals surface area contributed by atoms with E-state index in [1.165, 1.54) is 0 Å². The number of nitrogens with zero attached hydrogens (tertiary/aromatic N) is 2. The van der Waals surface area contributed by atoms with Crippen LogP contribution < -0.4 is 16.2 Å². The topological polar surface area (TPSA) is 99.8 Å². The van der Waals surface area contributed by atoms with Crippen LogP contribution in [0.2, 0.25) is 0 Å². The predicted octanol–water partition coefficient (Wildman–Crippen LogP) is 1.44. The zero-order valence-electron chi connectivity index (χ0n) is 14.5. The van der Waals surface area contributed by atoms with E-state index in [9.17, 15) is 9.59 Å². The Morgan fingerprint density at radius 1 is 1.08 bits per heavy atom. The quantitative estimate of drug-likeness (QED) is 0.773. The van der Waals surface area contributed by atoms with Crippen LogP contribution in [0.1, 0.15) is 34.0 Å². The van der Waals surface area contributed by atoms with Crippen molar-refractivity contribution in [2.24, 2.45) is 0 Å². The van der Waals surface area contributed by atoms with Crippen molar-refractivity contribution in [3.05, 3.63) is 56.5 Å². The Morgan fingerprint density at radius 3 is 2.38 bits per heavy atom. The van der Waals surface area contributed by atoms with Gasteiger partial charge >= 0.3 is 6.03 Å². The number of aryl methyl sites for hydroxylation is 4.